The van der Waals surface area contributed by atoms with Crippen LogP contribution in [0.15, 0.2) is 48.6 Å². The van der Waals surface area contributed by atoms with Crippen LogP contribution in [0.2, 0.25) is 0 Å². The van der Waals surface area contributed by atoms with Crippen LogP contribution in [0.4, 0.5) is 0 Å². The molecule has 0 bridgehead atoms. The molecule has 0 N–H and O–H groups in total. The van der Waals surface area contributed by atoms with Crippen molar-refractivity contribution in [3.8, 4) is 0 Å². The lowest BCUT2D eigenvalue weighted by Gasteiger charge is -2.18. The second kappa shape index (κ2) is 57.9. The molecular formula is C63H114O6. The summed E-state index contributed by atoms with van der Waals surface area (Å²) in [6.07, 6.45) is 71.0. The Balaban J connectivity index is 4.32. The number of carbonyl (C=O) groups excluding carboxylic acids is 3. The Bertz CT molecular complexity index is 1200. The Kier molecular flexibility index (Phi) is 55.7. The van der Waals surface area contributed by atoms with Crippen LogP contribution in [0.3, 0.4) is 0 Å². The van der Waals surface area contributed by atoms with E-state index >= 15 is 0 Å². The minimum Gasteiger partial charge on any atom is -0.462 e. The maximum absolute atomic E-state index is 12.9. The third kappa shape index (κ3) is 56.2. The summed E-state index contributed by atoms with van der Waals surface area (Å²) in [4.78, 5) is 38.2. The van der Waals surface area contributed by atoms with E-state index in [0.29, 0.717) is 19.3 Å². The third-order valence-corrected chi connectivity index (χ3v) is 13.3. The molecule has 1 unspecified atom stereocenters. The lowest BCUT2D eigenvalue weighted by Crippen LogP contribution is -2.30. The van der Waals surface area contributed by atoms with Crippen molar-refractivity contribution in [3.05, 3.63) is 48.6 Å². The number of carbonyl (C=O) groups is 3. The lowest BCUT2D eigenvalue weighted by atomic mass is 10.0. The van der Waals surface area contributed by atoms with Crippen LogP contribution in [-0.4, -0.2) is 37.2 Å². The molecule has 0 aliphatic rings. The smallest absolute Gasteiger partial charge is 0.306 e. The highest BCUT2D eigenvalue weighted by molar-refractivity contribution is 5.71. The predicted octanol–water partition coefficient (Wildman–Crippen LogP) is 20.2. The Labute approximate surface area is 428 Å². The molecule has 0 aromatic rings. The molecular weight excluding hydrogens is 853 g/mol. The number of hydrogen-bond acceptors (Lipinski definition) is 6. The molecule has 402 valence electrons. The first-order valence-corrected chi connectivity index (χ1v) is 30.1. The van der Waals surface area contributed by atoms with Crippen molar-refractivity contribution in [2.45, 2.75) is 322 Å². The predicted molar refractivity (Wildman–Crippen MR) is 298 cm³/mol. The summed E-state index contributed by atoms with van der Waals surface area (Å²) in [5, 5.41) is 0. The molecule has 0 aromatic carbocycles. The van der Waals surface area contributed by atoms with Gasteiger partial charge in [0.15, 0.2) is 6.10 Å². The number of hydrogen-bond donors (Lipinski definition) is 0. The number of allylic oxidation sites excluding steroid dienone is 8. The van der Waals surface area contributed by atoms with Gasteiger partial charge in [-0.05, 0) is 77.0 Å². The highest BCUT2D eigenvalue weighted by Crippen LogP contribution is 2.17. The maximum atomic E-state index is 12.9. The van der Waals surface area contributed by atoms with E-state index in [9.17, 15) is 14.4 Å². The molecule has 69 heavy (non-hydrogen) atoms. The summed E-state index contributed by atoms with van der Waals surface area (Å²) in [5.74, 6) is -0.878. The Morgan fingerprint density at radius 3 is 0.855 bits per heavy atom. The molecule has 0 rings (SSSR count). The van der Waals surface area contributed by atoms with Gasteiger partial charge in [-0.15, -0.1) is 0 Å². The van der Waals surface area contributed by atoms with Crippen LogP contribution in [-0.2, 0) is 28.6 Å². The van der Waals surface area contributed by atoms with Gasteiger partial charge in [0, 0.05) is 19.3 Å². The fraction of sp³-hybridized carbons (Fsp3) is 0.825. The first-order valence-electron chi connectivity index (χ1n) is 30.1. The zero-order chi connectivity index (χ0) is 50.0. The van der Waals surface area contributed by atoms with Crippen molar-refractivity contribution in [2.75, 3.05) is 13.2 Å². The SMILES string of the molecule is CCC/C=C\C/C=C\CCCCCCCC(=O)OCC(COC(=O)CCCCCCCCCCC/C=C\C/C=C\CCCCCCC)OC(=O)CCCCCCCCCCCCCCCCCCC. The van der Waals surface area contributed by atoms with E-state index in [4.69, 9.17) is 14.2 Å². The molecule has 0 spiro atoms. The highest BCUT2D eigenvalue weighted by Gasteiger charge is 2.19. The van der Waals surface area contributed by atoms with E-state index in [-0.39, 0.29) is 31.1 Å². The molecule has 6 nitrogen and oxygen atoms in total. The second-order valence-electron chi connectivity index (χ2n) is 20.3. The lowest BCUT2D eigenvalue weighted by molar-refractivity contribution is -0.167. The normalized spacial score (nSPS) is 12.3. The molecule has 0 amide bonds. The second-order valence-corrected chi connectivity index (χ2v) is 20.3. The van der Waals surface area contributed by atoms with Gasteiger partial charge >= 0.3 is 17.9 Å². The first kappa shape index (κ1) is 66.4. The van der Waals surface area contributed by atoms with E-state index < -0.39 is 6.10 Å². The van der Waals surface area contributed by atoms with Crippen LogP contribution < -0.4 is 0 Å². The summed E-state index contributed by atoms with van der Waals surface area (Å²) in [6, 6.07) is 0. The van der Waals surface area contributed by atoms with Crippen LogP contribution >= 0.6 is 0 Å². The quantitative estimate of drug-likeness (QED) is 0.0262. The van der Waals surface area contributed by atoms with Gasteiger partial charge < -0.3 is 14.2 Å². The monoisotopic (exact) mass is 967 g/mol. The number of ether oxygens (including phenoxy) is 3. The summed E-state index contributed by atoms with van der Waals surface area (Å²) in [5.41, 5.74) is 0. The fourth-order valence-electron chi connectivity index (χ4n) is 8.75. The van der Waals surface area contributed by atoms with Crippen LogP contribution in [0.25, 0.3) is 0 Å². The van der Waals surface area contributed by atoms with Gasteiger partial charge in [0.25, 0.3) is 0 Å². The first-order chi connectivity index (χ1) is 34.0. The Hall–Kier alpha value is -2.63. The third-order valence-electron chi connectivity index (χ3n) is 13.3. The highest BCUT2D eigenvalue weighted by atomic mass is 16.6. The van der Waals surface area contributed by atoms with Crippen molar-refractivity contribution < 1.29 is 28.6 Å². The van der Waals surface area contributed by atoms with E-state index in [1.807, 2.05) is 0 Å². The van der Waals surface area contributed by atoms with Crippen molar-refractivity contribution in [1.82, 2.24) is 0 Å². The minimum absolute atomic E-state index is 0.0769. The summed E-state index contributed by atoms with van der Waals surface area (Å²) < 4.78 is 16.9. The fourth-order valence-corrected chi connectivity index (χ4v) is 8.75. The molecule has 0 fully saturated rings. The number of esters is 3. The van der Waals surface area contributed by atoms with Gasteiger partial charge in [0.05, 0.1) is 0 Å². The Morgan fingerprint density at radius 2 is 0.551 bits per heavy atom. The van der Waals surface area contributed by atoms with Crippen molar-refractivity contribution in [1.29, 1.82) is 0 Å². The number of rotatable bonds is 55. The van der Waals surface area contributed by atoms with Crippen molar-refractivity contribution in [3.63, 3.8) is 0 Å². The average molecular weight is 968 g/mol. The molecule has 1 atom stereocenters. The Morgan fingerprint density at radius 1 is 0.290 bits per heavy atom. The van der Waals surface area contributed by atoms with Crippen LogP contribution in [0.5, 0.6) is 0 Å². The number of unbranched alkanes of at least 4 members (excludes halogenated alkanes) is 36. The topological polar surface area (TPSA) is 78.9 Å². The standard InChI is InChI=1S/C63H114O6/c1-4-7-10-13-16-19-22-25-27-29-30-31-32-34-35-38-41-44-47-50-53-56-62(65)68-59-60(58-67-61(64)55-52-49-46-43-40-37-24-21-18-15-12-9-6-3)69-63(66)57-54-51-48-45-42-39-36-33-28-26-23-20-17-14-11-8-5-2/h12,15,21-22,24-25,29-30,60H,4-11,13-14,16-20,23,26-28,31-59H2,1-3H3/b15-12-,24-21-,25-22-,30-29-. The van der Waals surface area contributed by atoms with E-state index in [1.54, 1.807) is 0 Å². The van der Waals surface area contributed by atoms with Crippen LogP contribution in [0.1, 0.15) is 316 Å². The molecule has 0 aliphatic carbocycles. The van der Waals surface area contributed by atoms with Gasteiger partial charge in [-0.3, -0.25) is 14.4 Å². The molecule has 0 heterocycles. The minimum atomic E-state index is -0.778. The van der Waals surface area contributed by atoms with E-state index in [1.165, 1.54) is 186 Å². The molecule has 0 radical (unpaired) electrons. The van der Waals surface area contributed by atoms with Gasteiger partial charge in [-0.1, -0.05) is 268 Å². The summed E-state index contributed by atoms with van der Waals surface area (Å²) >= 11 is 0. The van der Waals surface area contributed by atoms with Gasteiger partial charge in [-0.25, -0.2) is 0 Å². The molecule has 0 aliphatic heterocycles. The van der Waals surface area contributed by atoms with E-state index in [2.05, 4.69) is 69.4 Å². The average Bonchev–Trinajstić information content (AvgIpc) is 3.35. The zero-order valence-corrected chi connectivity index (χ0v) is 46.1. The zero-order valence-electron chi connectivity index (χ0n) is 46.1. The summed E-state index contributed by atoms with van der Waals surface area (Å²) in [6.45, 7) is 6.59. The molecule has 0 saturated heterocycles. The van der Waals surface area contributed by atoms with Gasteiger partial charge in [-0.2, -0.15) is 0 Å². The van der Waals surface area contributed by atoms with E-state index in [0.717, 1.165) is 89.9 Å². The van der Waals surface area contributed by atoms with Crippen LogP contribution in [0, 0.1) is 0 Å². The molecule has 6 heteroatoms. The van der Waals surface area contributed by atoms with Crippen molar-refractivity contribution in [2.24, 2.45) is 0 Å². The largest absolute Gasteiger partial charge is 0.462 e. The molecule has 0 saturated carbocycles. The summed E-state index contributed by atoms with van der Waals surface area (Å²) in [7, 11) is 0. The molecule has 0 aromatic heterocycles. The van der Waals surface area contributed by atoms with Gasteiger partial charge in [0.2, 0.25) is 0 Å². The van der Waals surface area contributed by atoms with Crippen molar-refractivity contribution >= 4 is 17.9 Å². The maximum Gasteiger partial charge on any atom is 0.306 e. The van der Waals surface area contributed by atoms with Gasteiger partial charge in [0.1, 0.15) is 13.2 Å².